The van der Waals surface area contributed by atoms with E-state index in [4.69, 9.17) is 5.26 Å². The molecule has 0 bridgehead atoms. The van der Waals surface area contributed by atoms with Crippen molar-refractivity contribution in [1.29, 1.82) is 5.26 Å². The zero-order valence-electron chi connectivity index (χ0n) is 5.73. The van der Waals surface area contributed by atoms with E-state index >= 15 is 0 Å². The van der Waals surface area contributed by atoms with Crippen molar-refractivity contribution in [3.8, 4) is 6.07 Å². The van der Waals surface area contributed by atoms with Crippen LogP contribution >= 0.6 is 0 Å². The van der Waals surface area contributed by atoms with Crippen LogP contribution in [0, 0.1) is 21.4 Å². The third kappa shape index (κ3) is 4.60. The maximum Gasteiger partial charge on any atom is 0.262 e. The molecule has 0 saturated heterocycles. The van der Waals surface area contributed by atoms with Gasteiger partial charge in [0, 0.05) is 12.2 Å². The average molecular weight is 150 g/mol. The first-order chi connectivity index (χ1) is 5.18. The van der Waals surface area contributed by atoms with Crippen LogP contribution in [0.2, 0.25) is 0 Å². The molecular weight excluding hydrogens is 144 g/mol. The lowest BCUT2D eigenvalue weighted by atomic mass is 10.4. The average Bonchev–Trinajstić information content (AvgIpc) is 1.97. The fourth-order valence-electron chi connectivity index (χ4n) is 0.326. The highest BCUT2D eigenvalue weighted by Gasteiger charge is 1.96. The van der Waals surface area contributed by atoms with Crippen LogP contribution in [0.3, 0.4) is 0 Å². The van der Waals surface area contributed by atoms with Crippen LogP contribution in [0.5, 0.6) is 0 Å². The van der Waals surface area contributed by atoms with Gasteiger partial charge in [0.1, 0.15) is 0 Å². The SMILES string of the molecule is C=C(/C=C\C=C\C#N)[N+](=O)[O-]. The first-order valence-corrected chi connectivity index (χ1v) is 2.74. The molecule has 0 fully saturated rings. The van der Waals surface area contributed by atoms with E-state index in [1.54, 1.807) is 6.07 Å². The van der Waals surface area contributed by atoms with E-state index < -0.39 is 4.92 Å². The van der Waals surface area contributed by atoms with Crippen molar-refractivity contribution < 1.29 is 4.92 Å². The van der Waals surface area contributed by atoms with Crippen molar-refractivity contribution in [3.05, 3.63) is 46.7 Å². The van der Waals surface area contributed by atoms with E-state index in [2.05, 4.69) is 6.58 Å². The summed E-state index contributed by atoms with van der Waals surface area (Å²) in [5.74, 6) is 0. The molecule has 0 spiro atoms. The molecule has 0 aromatic carbocycles. The molecule has 0 atom stereocenters. The summed E-state index contributed by atoms with van der Waals surface area (Å²) in [4.78, 5) is 9.33. The van der Waals surface area contributed by atoms with Crippen molar-refractivity contribution in [1.82, 2.24) is 0 Å². The minimum atomic E-state index is -0.600. The summed E-state index contributed by atoms with van der Waals surface area (Å²) in [5, 5.41) is 17.9. The minimum absolute atomic E-state index is 0.201. The lowest BCUT2D eigenvalue weighted by Crippen LogP contribution is -1.91. The molecule has 0 aromatic heterocycles. The smallest absolute Gasteiger partial charge is 0.258 e. The van der Waals surface area contributed by atoms with Gasteiger partial charge in [0.25, 0.3) is 5.70 Å². The summed E-state index contributed by atoms with van der Waals surface area (Å²) in [6, 6.07) is 1.74. The molecule has 0 N–H and O–H groups in total. The Morgan fingerprint density at radius 1 is 1.64 bits per heavy atom. The predicted octanol–water partition coefficient (Wildman–Crippen LogP) is 1.41. The number of rotatable bonds is 3. The second-order valence-corrected chi connectivity index (χ2v) is 1.60. The third-order valence-corrected chi connectivity index (χ3v) is 0.805. The number of nitro groups is 1. The van der Waals surface area contributed by atoms with E-state index in [0.717, 1.165) is 0 Å². The molecule has 0 aliphatic carbocycles. The second-order valence-electron chi connectivity index (χ2n) is 1.60. The third-order valence-electron chi connectivity index (χ3n) is 0.805. The van der Waals surface area contributed by atoms with E-state index in [9.17, 15) is 10.1 Å². The Hall–Kier alpha value is -1.89. The van der Waals surface area contributed by atoms with Gasteiger partial charge in [-0.1, -0.05) is 12.2 Å². The van der Waals surface area contributed by atoms with Crippen molar-refractivity contribution in [2.75, 3.05) is 0 Å². The zero-order chi connectivity index (χ0) is 8.69. The Kier molecular flexibility index (Phi) is 4.09. The number of allylic oxidation sites excluding steroid dienone is 4. The molecule has 0 saturated carbocycles. The normalized spacial score (nSPS) is 10.1. The molecule has 4 nitrogen and oxygen atoms in total. The first kappa shape index (κ1) is 9.11. The van der Waals surface area contributed by atoms with Crippen molar-refractivity contribution in [2.45, 2.75) is 0 Å². The molecule has 4 heteroatoms. The second kappa shape index (κ2) is 4.94. The minimum Gasteiger partial charge on any atom is -0.258 e. The maximum absolute atomic E-state index is 9.93. The maximum atomic E-state index is 9.93. The fourth-order valence-corrected chi connectivity index (χ4v) is 0.326. The molecule has 0 rings (SSSR count). The van der Waals surface area contributed by atoms with Crippen LogP contribution in [-0.2, 0) is 0 Å². The summed E-state index contributed by atoms with van der Waals surface area (Å²) in [5.41, 5.74) is -0.201. The number of nitrogens with zero attached hydrogens (tertiary/aromatic N) is 2. The van der Waals surface area contributed by atoms with E-state index in [1.807, 2.05) is 0 Å². The van der Waals surface area contributed by atoms with Gasteiger partial charge >= 0.3 is 0 Å². The van der Waals surface area contributed by atoms with Crippen LogP contribution in [0.4, 0.5) is 0 Å². The predicted molar refractivity (Wildman–Crippen MR) is 40.0 cm³/mol. The van der Waals surface area contributed by atoms with Crippen LogP contribution in [0.15, 0.2) is 36.6 Å². The fraction of sp³-hybridized carbons (Fsp3) is 0. The summed E-state index contributed by atoms with van der Waals surface area (Å²) >= 11 is 0. The number of hydrogen-bond donors (Lipinski definition) is 0. The molecule has 0 radical (unpaired) electrons. The standard InChI is InChI=1S/C7H6N2O2/c1-7(9(10)11)5-3-2-4-6-8/h2-5H,1H2/b4-2+,5-3-. The highest BCUT2D eigenvalue weighted by molar-refractivity contribution is 5.17. The lowest BCUT2D eigenvalue weighted by molar-refractivity contribution is -0.418. The van der Waals surface area contributed by atoms with Gasteiger partial charge in [-0.3, -0.25) is 10.1 Å². The molecule has 0 aromatic rings. The quantitative estimate of drug-likeness (QED) is 0.264. The van der Waals surface area contributed by atoms with Gasteiger partial charge in [-0.05, 0) is 6.58 Å². The van der Waals surface area contributed by atoms with Crippen molar-refractivity contribution in [3.63, 3.8) is 0 Å². The van der Waals surface area contributed by atoms with Gasteiger partial charge in [-0.15, -0.1) is 0 Å². The van der Waals surface area contributed by atoms with Crippen LogP contribution in [-0.4, -0.2) is 4.92 Å². The monoisotopic (exact) mass is 150 g/mol. The molecule has 0 aliphatic rings. The molecule has 0 amide bonds. The summed E-state index contributed by atoms with van der Waals surface area (Å²) < 4.78 is 0. The van der Waals surface area contributed by atoms with Gasteiger partial charge < -0.3 is 0 Å². The van der Waals surface area contributed by atoms with Gasteiger partial charge in [-0.2, -0.15) is 5.26 Å². The summed E-state index contributed by atoms with van der Waals surface area (Å²) in [7, 11) is 0. The molecule has 11 heavy (non-hydrogen) atoms. The molecule has 0 heterocycles. The molecule has 0 aliphatic heterocycles. The summed E-state index contributed by atoms with van der Waals surface area (Å²) in [6.45, 7) is 3.15. The number of nitriles is 1. The molecule has 0 unspecified atom stereocenters. The first-order valence-electron chi connectivity index (χ1n) is 2.74. The number of hydrogen-bond acceptors (Lipinski definition) is 3. The molecule has 56 valence electrons. The topological polar surface area (TPSA) is 66.9 Å². The van der Waals surface area contributed by atoms with Gasteiger partial charge in [-0.25, -0.2) is 0 Å². The highest BCUT2D eigenvalue weighted by Crippen LogP contribution is 1.92. The Labute approximate surface area is 63.9 Å². The zero-order valence-corrected chi connectivity index (χ0v) is 5.73. The van der Waals surface area contributed by atoms with Crippen molar-refractivity contribution in [2.24, 2.45) is 0 Å². The Bertz CT molecular complexity index is 258. The Morgan fingerprint density at radius 3 is 2.73 bits per heavy atom. The summed E-state index contributed by atoms with van der Waals surface area (Å²) in [6.07, 6.45) is 5.21. The van der Waals surface area contributed by atoms with E-state index in [-0.39, 0.29) is 5.70 Å². The Balaban J connectivity index is 3.97. The van der Waals surface area contributed by atoms with E-state index in [1.165, 1.54) is 24.3 Å². The van der Waals surface area contributed by atoms with E-state index in [0.29, 0.717) is 0 Å². The van der Waals surface area contributed by atoms with Gasteiger partial charge in [0.2, 0.25) is 0 Å². The Morgan fingerprint density at radius 2 is 2.27 bits per heavy atom. The van der Waals surface area contributed by atoms with Gasteiger partial charge in [0.15, 0.2) is 0 Å². The van der Waals surface area contributed by atoms with Gasteiger partial charge in [0.05, 0.1) is 11.0 Å². The van der Waals surface area contributed by atoms with Crippen LogP contribution < -0.4 is 0 Å². The van der Waals surface area contributed by atoms with Crippen LogP contribution in [0.1, 0.15) is 0 Å². The largest absolute Gasteiger partial charge is 0.262 e. The van der Waals surface area contributed by atoms with Crippen LogP contribution in [0.25, 0.3) is 0 Å². The lowest BCUT2D eigenvalue weighted by Gasteiger charge is -1.82. The molecular formula is C7H6N2O2. The van der Waals surface area contributed by atoms with Crippen molar-refractivity contribution >= 4 is 0 Å². The highest BCUT2D eigenvalue weighted by atomic mass is 16.6.